The van der Waals surface area contributed by atoms with Crippen LogP contribution >= 0.6 is 0 Å². The van der Waals surface area contributed by atoms with E-state index in [9.17, 15) is 0 Å². The van der Waals surface area contributed by atoms with Gasteiger partial charge in [0, 0.05) is 13.1 Å². The summed E-state index contributed by atoms with van der Waals surface area (Å²) in [5.74, 6) is 0.681. The summed E-state index contributed by atoms with van der Waals surface area (Å²) in [6.07, 6.45) is 5.07. The van der Waals surface area contributed by atoms with Gasteiger partial charge in [-0.15, -0.1) is 0 Å². The SMILES string of the molecule is C=C/C=C\N=C(C)OCC. The third-order valence-corrected chi connectivity index (χ3v) is 0.832. The van der Waals surface area contributed by atoms with Crippen LogP contribution in [0.5, 0.6) is 0 Å². The summed E-state index contributed by atoms with van der Waals surface area (Å²) in [6, 6.07) is 0. The Morgan fingerprint density at radius 2 is 2.40 bits per heavy atom. The molecule has 2 heteroatoms. The first-order chi connectivity index (χ1) is 4.81. The van der Waals surface area contributed by atoms with Crippen molar-refractivity contribution < 1.29 is 4.74 Å². The highest BCUT2D eigenvalue weighted by atomic mass is 16.5. The molecule has 0 aromatic rings. The topological polar surface area (TPSA) is 21.6 Å². The minimum absolute atomic E-state index is 0.664. The summed E-state index contributed by atoms with van der Waals surface area (Å²) >= 11 is 0. The van der Waals surface area contributed by atoms with Crippen molar-refractivity contribution >= 4 is 5.90 Å². The molecule has 0 aliphatic heterocycles. The Balaban J connectivity index is 3.67. The van der Waals surface area contributed by atoms with Gasteiger partial charge in [-0.25, -0.2) is 4.99 Å². The Morgan fingerprint density at radius 1 is 1.70 bits per heavy atom. The Morgan fingerprint density at radius 3 is 2.90 bits per heavy atom. The van der Waals surface area contributed by atoms with Gasteiger partial charge in [-0.1, -0.05) is 12.7 Å². The Hall–Kier alpha value is -1.05. The van der Waals surface area contributed by atoms with Crippen molar-refractivity contribution in [3.05, 3.63) is 24.9 Å². The fourth-order valence-electron chi connectivity index (χ4n) is 0.455. The van der Waals surface area contributed by atoms with Crippen LogP contribution in [-0.4, -0.2) is 12.5 Å². The molecule has 0 N–H and O–H groups in total. The Kier molecular flexibility index (Phi) is 5.44. The molecule has 10 heavy (non-hydrogen) atoms. The molecule has 0 spiro atoms. The minimum Gasteiger partial charge on any atom is -0.481 e. The fourth-order valence-corrected chi connectivity index (χ4v) is 0.455. The van der Waals surface area contributed by atoms with Crippen LogP contribution in [0.15, 0.2) is 29.9 Å². The van der Waals surface area contributed by atoms with Gasteiger partial charge in [-0.2, -0.15) is 0 Å². The maximum Gasteiger partial charge on any atom is 0.184 e. The van der Waals surface area contributed by atoms with Crippen molar-refractivity contribution in [2.24, 2.45) is 4.99 Å². The van der Waals surface area contributed by atoms with Crippen molar-refractivity contribution in [3.8, 4) is 0 Å². The molecule has 56 valence electrons. The number of aliphatic imine (C=N–C) groups is 1. The van der Waals surface area contributed by atoms with Crippen LogP contribution in [0.25, 0.3) is 0 Å². The Bertz CT molecular complexity index is 147. The van der Waals surface area contributed by atoms with Gasteiger partial charge in [0.2, 0.25) is 0 Å². The first-order valence-electron chi connectivity index (χ1n) is 3.26. The molecule has 0 aliphatic carbocycles. The van der Waals surface area contributed by atoms with Gasteiger partial charge in [0.25, 0.3) is 0 Å². The summed E-state index contributed by atoms with van der Waals surface area (Å²) < 4.78 is 5.05. The van der Waals surface area contributed by atoms with E-state index in [0.29, 0.717) is 12.5 Å². The lowest BCUT2D eigenvalue weighted by atomic mass is 10.6. The van der Waals surface area contributed by atoms with Gasteiger partial charge in [-0.3, -0.25) is 0 Å². The Labute approximate surface area is 61.9 Å². The average molecular weight is 139 g/mol. The highest BCUT2D eigenvalue weighted by Crippen LogP contribution is 1.83. The molecule has 0 atom stereocenters. The minimum atomic E-state index is 0.664. The van der Waals surface area contributed by atoms with Crippen molar-refractivity contribution in [2.45, 2.75) is 13.8 Å². The molecule has 0 amide bonds. The molecule has 0 heterocycles. The van der Waals surface area contributed by atoms with Gasteiger partial charge < -0.3 is 4.74 Å². The monoisotopic (exact) mass is 139 g/mol. The van der Waals surface area contributed by atoms with Gasteiger partial charge in [0.15, 0.2) is 5.90 Å². The second-order valence-corrected chi connectivity index (χ2v) is 1.66. The normalized spacial score (nSPS) is 12.0. The lowest BCUT2D eigenvalue weighted by Gasteiger charge is -1.97. The summed E-state index contributed by atoms with van der Waals surface area (Å²) in [4.78, 5) is 3.95. The molecule has 0 saturated carbocycles. The van der Waals surface area contributed by atoms with E-state index in [1.54, 1.807) is 18.4 Å². The average Bonchev–Trinajstić information content (AvgIpc) is 1.89. The highest BCUT2D eigenvalue weighted by molar-refractivity contribution is 5.73. The van der Waals surface area contributed by atoms with Crippen LogP contribution in [0.2, 0.25) is 0 Å². The number of allylic oxidation sites excluding steroid dienone is 2. The molecule has 0 aliphatic rings. The molecule has 0 aromatic heterocycles. The van der Waals surface area contributed by atoms with E-state index in [0.717, 1.165) is 0 Å². The van der Waals surface area contributed by atoms with E-state index in [4.69, 9.17) is 4.74 Å². The summed E-state index contributed by atoms with van der Waals surface area (Å²) in [7, 11) is 0. The molecular weight excluding hydrogens is 126 g/mol. The fraction of sp³-hybridized carbons (Fsp3) is 0.375. The predicted octanol–water partition coefficient (Wildman–Crippen LogP) is 2.14. The molecule has 0 unspecified atom stereocenters. The number of hydrogen-bond donors (Lipinski definition) is 0. The lowest BCUT2D eigenvalue weighted by molar-refractivity contribution is 0.324. The molecular formula is C8H13NO. The van der Waals surface area contributed by atoms with E-state index in [2.05, 4.69) is 11.6 Å². The number of ether oxygens (including phenoxy) is 1. The molecule has 0 saturated heterocycles. The van der Waals surface area contributed by atoms with E-state index < -0.39 is 0 Å². The third-order valence-electron chi connectivity index (χ3n) is 0.832. The zero-order valence-corrected chi connectivity index (χ0v) is 6.50. The van der Waals surface area contributed by atoms with Crippen molar-refractivity contribution in [2.75, 3.05) is 6.61 Å². The molecule has 0 fully saturated rings. The number of nitrogens with zero attached hydrogens (tertiary/aromatic N) is 1. The second-order valence-electron chi connectivity index (χ2n) is 1.66. The zero-order valence-electron chi connectivity index (χ0n) is 6.50. The maximum atomic E-state index is 5.05. The first kappa shape index (κ1) is 8.95. The zero-order chi connectivity index (χ0) is 7.82. The second kappa shape index (κ2) is 6.08. The molecule has 2 nitrogen and oxygen atoms in total. The lowest BCUT2D eigenvalue weighted by Crippen LogP contribution is -1.96. The van der Waals surface area contributed by atoms with Gasteiger partial charge >= 0.3 is 0 Å². The molecule has 0 aromatic carbocycles. The van der Waals surface area contributed by atoms with Crippen LogP contribution in [0, 0.1) is 0 Å². The number of hydrogen-bond acceptors (Lipinski definition) is 2. The summed E-state index contributed by atoms with van der Waals surface area (Å²) in [5, 5.41) is 0. The van der Waals surface area contributed by atoms with Gasteiger partial charge in [0.05, 0.1) is 6.61 Å². The van der Waals surface area contributed by atoms with Crippen LogP contribution in [0.3, 0.4) is 0 Å². The number of rotatable bonds is 3. The molecule has 0 bridgehead atoms. The van der Waals surface area contributed by atoms with Crippen molar-refractivity contribution in [1.29, 1.82) is 0 Å². The quantitative estimate of drug-likeness (QED) is 0.333. The summed E-state index contributed by atoms with van der Waals surface area (Å²) in [6.45, 7) is 7.91. The van der Waals surface area contributed by atoms with Crippen LogP contribution in [0.4, 0.5) is 0 Å². The van der Waals surface area contributed by atoms with E-state index in [-0.39, 0.29) is 0 Å². The molecule has 0 rings (SSSR count). The third kappa shape index (κ3) is 5.09. The standard InChI is InChI=1S/C8H13NO/c1-4-6-7-9-8(3)10-5-2/h4,6-7H,1,5H2,2-3H3/b7-6-,9-8?. The van der Waals surface area contributed by atoms with Gasteiger partial charge in [0.1, 0.15) is 0 Å². The van der Waals surface area contributed by atoms with Gasteiger partial charge in [-0.05, 0) is 13.0 Å². The first-order valence-corrected chi connectivity index (χ1v) is 3.26. The smallest absolute Gasteiger partial charge is 0.184 e. The molecule has 0 radical (unpaired) electrons. The largest absolute Gasteiger partial charge is 0.481 e. The highest BCUT2D eigenvalue weighted by Gasteiger charge is 1.82. The van der Waals surface area contributed by atoms with Crippen molar-refractivity contribution in [1.82, 2.24) is 0 Å². The van der Waals surface area contributed by atoms with Crippen LogP contribution in [0.1, 0.15) is 13.8 Å². The van der Waals surface area contributed by atoms with Crippen LogP contribution in [-0.2, 0) is 4.74 Å². The maximum absolute atomic E-state index is 5.05. The van der Waals surface area contributed by atoms with E-state index in [1.807, 2.05) is 13.8 Å². The van der Waals surface area contributed by atoms with Crippen molar-refractivity contribution in [3.63, 3.8) is 0 Å². The van der Waals surface area contributed by atoms with E-state index in [1.165, 1.54) is 0 Å². The van der Waals surface area contributed by atoms with Crippen LogP contribution < -0.4 is 0 Å². The predicted molar refractivity (Wildman–Crippen MR) is 44.1 cm³/mol. The van der Waals surface area contributed by atoms with E-state index >= 15 is 0 Å². The summed E-state index contributed by atoms with van der Waals surface area (Å²) in [5.41, 5.74) is 0.